The fraction of sp³-hybridized carbons (Fsp3) is 0.917. The number of carbonyl (C=O) groups is 2. The minimum Gasteiger partial charge on any atom is -0.479 e. The van der Waals surface area contributed by atoms with Crippen LogP contribution in [0.1, 0.15) is 0 Å². The lowest BCUT2D eigenvalue weighted by Crippen LogP contribution is -2.70. The number of aliphatic hydroxyl groups excluding tert-OH is 7. The molecule has 0 saturated carbocycles. The zero-order chi connectivity index (χ0) is 51.1. The summed E-state index contributed by atoms with van der Waals surface area (Å²) in [7, 11) is -28.1. The van der Waals surface area contributed by atoms with E-state index in [1.54, 1.807) is 0 Å². The molecule has 0 amide bonds. The van der Waals surface area contributed by atoms with Crippen LogP contribution in [-0.2, 0) is 107 Å². The Kier molecular flexibility index (Phi) is 18.5. The average molecular weight is 1090 g/mol. The van der Waals surface area contributed by atoms with Gasteiger partial charge in [-0.3, -0.25) is 22.8 Å². The zero-order valence-corrected chi connectivity index (χ0v) is 36.3. The summed E-state index contributed by atoms with van der Waals surface area (Å²) in [5.74, 6) is -4.34. The SMILES string of the molecule is O=C(O)[C@H]1O[C@@H](O[C@H]2[C@H](O)[C@@H](NS(=O)(=O)O)[C@@H](O[C@H]3[C@H](O)[C@@H](OS(=O)(=O)O)[C@H](O[C@H]4[C@H](O)[C@@H](NS(=O)(=O)O)[C@@H](O)O[C@@H]4COS(=O)(=O)O)O[C@H]3C(=O)O)O[C@@H]2COS(=O)(=O)O)[C@H](O)[C@@H](O)[C@@H]1O. The Morgan fingerprint density at radius 1 is 0.448 bits per heavy atom. The molecule has 0 unspecified atom stereocenters. The van der Waals surface area contributed by atoms with E-state index in [4.69, 9.17) is 37.7 Å². The van der Waals surface area contributed by atoms with Gasteiger partial charge in [0.05, 0.1) is 13.2 Å². The van der Waals surface area contributed by atoms with Crippen molar-refractivity contribution in [1.82, 2.24) is 9.44 Å². The van der Waals surface area contributed by atoms with Crippen LogP contribution in [-0.4, -0.2) is 259 Å². The minimum absolute atomic E-state index is 1.25. The molecular weight excluding hydrogens is 1050 g/mol. The van der Waals surface area contributed by atoms with Crippen molar-refractivity contribution in [2.45, 2.75) is 123 Å². The van der Waals surface area contributed by atoms with Crippen molar-refractivity contribution >= 4 is 63.7 Å². The van der Waals surface area contributed by atoms with Crippen LogP contribution in [0.5, 0.6) is 0 Å². The van der Waals surface area contributed by atoms with Crippen LogP contribution in [0.25, 0.3) is 0 Å². The molecular formula is C24H40N2O36S5. The number of hydrogen-bond acceptors (Lipinski definition) is 29. The van der Waals surface area contributed by atoms with E-state index in [9.17, 15) is 116 Å². The Morgan fingerprint density at radius 2 is 0.881 bits per heavy atom. The third-order valence-corrected chi connectivity index (χ3v) is 11.9. The summed E-state index contributed by atoms with van der Waals surface area (Å²) < 4.78 is 215. The largest absolute Gasteiger partial charge is 0.479 e. The third kappa shape index (κ3) is 15.6. The number of rotatable bonds is 20. The molecule has 0 aromatic rings. The lowest BCUT2D eigenvalue weighted by atomic mass is 9.94. The van der Waals surface area contributed by atoms with Crippen LogP contribution in [0.3, 0.4) is 0 Å². The predicted molar refractivity (Wildman–Crippen MR) is 191 cm³/mol. The van der Waals surface area contributed by atoms with Crippen molar-refractivity contribution in [3.8, 4) is 0 Å². The highest BCUT2D eigenvalue weighted by Crippen LogP contribution is 2.36. The molecule has 0 spiro atoms. The zero-order valence-electron chi connectivity index (χ0n) is 32.2. The summed E-state index contributed by atoms with van der Waals surface area (Å²) in [6, 6.07) is -5.18. The summed E-state index contributed by atoms with van der Waals surface area (Å²) in [6.07, 6.45) is -47.8. The highest BCUT2D eigenvalue weighted by Gasteiger charge is 2.59. The maximum absolute atomic E-state index is 12.7. The van der Waals surface area contributed by atoms with E-state index >= 15 is 0 Å². The Labute approximate surface area is 374 Å². The molecule has 4 aliphatic heterocycles. The van der Waals surface area contributed by atoms with E-state index in [1.807, 2.05) is 0 Å². The van der Waals surface area contributed by atoms with Crippen LogP contribution in [0.15, 0.2) is 0 Å². The molecule has 4 saturated heterocycles. The van der Waals surface area contributed by atoms with Gasteiger partial charge in [0.15, 0.2) is 43.5 Å². The number of aliphatic hydroxyl groups is 7. The summed E-state index contributed by atoms with van der Waals surface area (Å²) in [5.41, 5.74) is 0. The standard InChI is InChI=1S/C24H40N2O36S5/c27-7-5(25-63(38,39)40)21(37)55-3(1-53-65(44,45)46)13(7)58-24-17(62-67(50,51)52)12(32)15(18(61-24)20(35)36)59-22-6(26-64(41,42)43)8(28)14(4(56-22)2-54-66(47,48)49)57-23-11(31)9(29)10(30)16(60-23)19(33)34/h3-18,21-32,37H,1-2H2,(H,33,34)(H,35,36)(H,38,39,40)(H,41,42,43)(H,44,45,46)(H,47,48,49)(H,50,51,52)/t3-,4-,5-,6-,7-,8-,9+,10+,11-,12+,13-,14-,15+,16+,17-,18-,21+,22-,23-,24-/m1/s1. The van der Waals surface area contributed by atoms with Crippen LogP contribution in [0.4, 0.5) is 0 Å². The van der Waals surface area contributed by atoms with Gasteiger partial charge in [0, 0.05) is 0 Å². The minimum atomic E-state index is -5.97. The Morgan fingerprint density at radius 3 is 1.34 bits per heavy atom. The molecule has 67 heavy (non-hydrogen) atoms. The summed E-state index contributed by atoms with van der Waals surface area (Å²) >= 11 is 0. The van der Waals surface area contributed by atoms with Crippen molar-refractivity contribution in [2.24, 2.45) is 0 Å². The van der Waals surface area contributed by atoms with Crippen LogP contribution in [0.2, 0.25) is 0 Å². The Balaban J connectivity index is 1.77. The third-order valence-electron chi connectivity index (χ3n) is 9.38. The first-order chi connectivity index (χ1) is 30.4. The van der Waals surface area contributed by atoms with E-state index in [-0.39, 0.29) is 0 Å². The highest BCUT2D eigenvalue weighted by molar-refractivity contribution is 7.84. The van der Waals surface area contributed by atoms with Crippen LogP contribution in [0, 0.1) is 0 Å². The predicted octanol–water partition coefficient (Wildman–Crippen LogP) is -11.3. The van der Waals surface area contributed by atoms with E-state index < -0.39 is 200 Å². The summed E-state index contributed by atoms with van der Waals surface area (Å²) in [6.45, 7) is -3.16. The lowest BCUT2D eigenvalue weighted by Gasteiger charge is -2.49. The average Bonchev–Trinajstić information content (AvgIpc) is 3.15. The fourth-order valence-corrected chi connectivity index (χ4v) is 8.93. The number of hydrogen-bond donors (Lipinski definition) is 16. The van der Waals surface area contributed by atoms with Gasteiger partial charge in [0.2, 0.25) is 0 Å². The molecule has 0 aromatic carbocycles. The van der Waals surface area contributed by atoms with Crippen LogP contribution < -0.4 is 9.44 Å². The normalized spacial score (nSPS) is 40.5. The number of carboxylic acid groups (broad SMARTS) is 2. The second kappa shape index (κ2) is 21.6. The molecule has 392 valence electrons. The number of nitrogens with one attached hydrogen (secondary N) is 2. The van der Waals surface area contributed by atoms with E-state index in [0.29, 0.717) is 0 Å². The highest BCUT2D eigenvalue weighted by atomic mass is 32.3. The molecule has 4 heterocycles. The maximum Gasteiger partial charge on any atom is 0.397 e. The number of ether oxygens (including phenoxy) is 7. The molecule has 4 rings (SSSR count). The fourth-order valence-electron chi connectivity index (χ4n) is 6.64. The van der Waals surface area contributed by atoms with Gasteiger partial charge >= 0.3 is 63.7 Å². The molecule has 0 aromatic heterocycles. The summed E-state index contributed by atoms with van der Waals surface area (Å²) in [5, 5.41) is 94.4. The molecule has 4 fully saturated rings. The van der Waals surface area contributed by atoms with Gasteiger partial charge in [-0.05, 0) is 0 Å². The first-order valence-electron chi connectivity index (χ1n) is 17.6. The Hall–Kier alpha value is -2.27. The second-order valence-electron chi connectivity index (χ2n) is 14.0. The molecule has 0 bridgehead atoms. The van der Waals surface area contributed by atoms with Gasteiger partial charge in [0.25, 0.3) is 0 Å². The smallest absolute Gasteiger partial charge is 0.397 e. The second-order valence-corrected chi connectivity index (χ2v) is 19.6. The number of aliphatic carboxylic acids is 2. The molecule has 20 atom stereocenters. The van der Waals surface area contributed by atoms with E-state index in [0.717, 1.165) is 0 Å². The molecule has 4 aliphatic rings. The van der Waals surface area contributed by atoms with Crippen molar-refractivity contribution in [3.63, 3.8) is 0 Å². The number of carboxylic acids is 2. The van der Waals surface area contributed by atoms with Crippen molar-refractivity contribution in [2.75, 3.05) is 13.2 Å². The first-order valence-corrected chi connectivity index (χ1v) is 24.5. The topological polar surface area (TPSA) is 604 Å². The van der Waals surface area contributed by atoms with Crippen LogP contribution >= 0.6 is 0 Å². The quantitative estimate of drug-likeness (QED) is 0.0503. The maximum atomic E-state index is 12.7. The first kappa shape index (κ1) is 57.3. The monoisotopic (exact) mass is 1090 g/mol. The Bertz CT molecular complexity index is 2320. The van der Waals surface area contributed by atoms with Crippen molar-refractivity contribution < 1.29 is 166 Å². The molecule has 16 N–H and O–H groups in total. The van der Waals surface area contributed by atoms with Crippen molar-refractivity contribution in [1.29, 1.82) is 0 Å². The van der Waals surface area contributed by atoms with E-state index in [1.165, 1.54) is 9.44 Å². The molecule has 0 radical (unpaired) electrons. The van der Waals surface area contributed by atoms with Gasteiger partial charge < -0.3 is 79.1 Å². The lowest BCUT2D eigenvalue weighted by molar-refractivity contribution is -0.368. The van der Waals surface area contributed by atoms with E-state index in [2.05, 4.69) is 12.5 Å². The molecule has 43 heteroatoms. The van der Waals surface area contributed by atoms with Crippen molar-refractivity contribution in [3.05, 3.63) is 0 Å². The molecule has 38 nitrogen and oxygen atoms in total. The van der Waals surface area contributed by atoms with Gasteiger partial charge in [-0.15, -0.1) is 0 Å². The van der Waals surface area contributed by atoms with Gasteiger partial charge in [-0.25, -0.2) is 22.1 Å². The summed E-state index contributed by atoms with van der Waals surface area (Å²) in [4.78, 5) is 24.3. The van der Waals surface area contributed by atoms with Gasteiger partial charge in [-0.2, -0.15) is 51.5 Å². The van der Waals surface area contributed by atoms with Gasteiger partial charge in [0.1, 0.15) is 79.2 Å². The van der Waals surface area contributed by atoms with Gasteiger partial charge in [-0.1, -0.05) is 0 Å². The molecule has 0 aliphatic carbocycles.